The molecular weight excluding hydrogens is 330 g/mol. The van der Waals surface area contributed by atoms with Crippen LogP contribution >= 0.6 is 0 Å². The third-order valence-corrected chi connectivity index (χ3v) is 5.36. The lowest BCUT2D eigenvalue weighted by molar-refractivity contribution is -0.135. The average Bonchev–Trinajstić information content (AvgIpc) is 2.69. The second kappa shape index (κ2) is 9.30. The van der Waals surface area contributed by atoms with Crippen LogP contribution in [0.15, 0.2) is 24.4 Å². The fourth-order valence-corrected chi connectivity index (χ4v) is 3.97. The summed E-state index contributed by atoms with van der Waals surface area (Å²) in [5.74, 6) is 1.62. The van der Waals surface area contributed by atoms with Crippen molar-refractivity contribution < 1.29 is 9.53 Å². The Morgan fingerprint density at radius 3 is 2.81 bits per heavy atom. The van der Waals surface area contributed by atoms with E-state index in [2.05, 4.69) is 20.9 Å². The molecule has 7 nitrogen and oxygen atoms in total. The van der Waals surface area contributed by atoms with Gasteiger partial charge in [0, 0.05) is 59.1 Å². The molecule has 0 saturated carbocycles. The molecule has 0 radical (unpaired) electrons. The molecule has 0 spiro atoms. The molecule has 3 heterocycles. The number of carbonyl (C=O) groups is 1. The number of methoxy groups -OCH3 is 1. The van der Waals surface area contributed by atoms with E-state index in [9.17, 15) is 4.79 Å². The van der Waals surface area contributed by atoms with E-state index in [1.54, 1.807) is 7.11 Å². The van der Waals surface area contributed by atoms with Gasteiger partial charge in [-0.1, -0.05) is 6.07 Å². The van der Waals surface area contributed by atoms with Gasteiger partial charge >= 0.3 is 0 Å². The molecule has 26 heavy (non-hydrogen) atoms. The van der Waals surface area contributed by atoms with E-state index in [1.807, 2.05) is 23.2 Å². The Balaban J connectivity index is 1.45. The molecule has 2 aliphatic rings. The predicted molar refractivity (Wildman–Crippen MR) is 102 cm³/mol. The second-order valence-electron chi connectivity index (χ2n) is 7.33. The lowest BCUT2D eigenvalue weighted by Gasteiger charge is -2.40. The average molecular weight is 361 g/mol. The van der Waals surface area contributed by atoms with Gasteiger partial charge in [-0.2, -0.15) is 0 Å². The van der Waals surface area contributed by atoms with Crippen molar-refractivity contribution in [3.63, 3.8) is 0 Å². The lowest BCUT2D eigenvalue weighted by Crippen LogP contribution is -2.53. The first kappa shape index (κ1) is 19.1. The zero-order valence-corrected chi connectivity index (χ0v) is 15.7. The smallest absolute Gasteiger partial charge is 0.241 e. The molecule has 2 atom stereocenters. The number of likely N-dealkylation sites (tertiary alicyclic amines) is 1. The molecule has 7 heteroatoms. The maximum atomic E-state index is 12.4. The Morgan fingerprint density at radius 2 is 2.12 bits per heavy atom. The van der Waals surface area contributed by atoms with Crippen molar-refractivity contribution in [2.24, 2.45) is 11.7 Å². The van der Waals surface area contributed by atoms with Crippen molar-refractivity contribution in [1.82, 2.24) is 14.8 Å². The van der Waals surface area contributed by atoms with E-state index in [4.69, 9.17) is 10.5 Å². The zero-order chi connectivity index (χ0) is 18.4. The first-order valence-corrected chi connectivity index (χ1v) is 9.59. The molecule has 0 bridgehead atoms. The number of hydrogen-bond acceptors (Lipinski definition) is 6. The Morgan fingerprint density at radius 1 is 1.31 bits per heavy atom. The number of hydrogen-bond donors (Lipinski definition) is 1. The minimum atomic E-state index is -0.541. The Kier molecular flexibility index (Phi) is 6.82. The number of piperidine rings is 1. The summed E-state index contributed by atoms with van der Waals surface area (Å²) in [7, 11) is 1.58. The number of anilines is 1. The third-order valence-electron chi connectivity index (χ3n) is 5.36. The summed E-state index contributed by atoms with van der Waals surface area (Å²) in [6.45, 7) is 7.08. The topological polar surface area (TPSA) is 74.9 Å². The van der Waals surface area contributed by atoms with Crippen molar-refractivity contribution >= 4 is 11.7 Å². The first-order chi connectivity index (χ1) is 12.7. The molecule has 3 rings (SSSR count). The number of rotatable bonds is 6. The summed E-state index contributed by atoms with van der Waals surface area (Å²) in [6.07, 6.45) is 4.09. The minimum Gasteiger partial charge on any atom is -0.383 e. The van der Waals surface area contributed by atoms with Crippen molar-refractivity contribution in [2.75, 3.05) is 64.4 Å². The Bertz CT molecular complexity index is 562. The van der Waals surface area contributed by atoms with Gasteiger partial charge in [-0.05, 0) is 30.9 Å². The van der Waals surface area contributed by atoms with Crippen LogP contribution in [-0.2, 0) is 9.53 Å². The Hall–Kier alpha value is -1.70. The van der Waals surface area contributed by atoms with Gasteiger partial charge in [-0.3, -0.25) is 9.69 Å². The van der Waals surface area contributed by atoms with Crippen molar-refractivity contribution in [3.8, 4) is 0 Å². The van der Waals surface area contributed by atoms with Crippen LogP contribution in [0.4, 0.5) is 5.82 Å². The highest BCUT2D eigenvalue weighted by Gasteiger charge is 2.29. The minimum absolute atomic E-state index is 0.0246. The van der Waals surface area contributed by atoms with Gasteiger partial charge in [0.15, 0.2) is 0 Å². The SMILES string of the molecule is COCC(N)C(=O)N1CCCC(CN2CCN(c3ccccn3)CC2)C1. The molecule has 1 aromatic rings. The molecular formula is C19H31N5O2. The van der Waals surface area contributed by atoms with Crippen LogP contribution in [0.5, 0.6) is 0 Å². The highest BCUT2D eigenvalue weighted by atomic mass is 16.5. The van der Waals surface area contributed by atoms with Crippen LogP contribution in [0.1, 0.15) is 12.8 Å². The number of piperazine rings is 1. The molecule has 2 unspecified atom stereocenters. The van der Waals surface area contributed by atoms with E-state index < -0.39 is 6.04 Å². The summed E-state index contributed by atoms with van der Waals surface area (Å²) in [5, 5.41) is 0. The Labute approximate surface area is 156 Å². The summed E-state index contributed by atoms with van der Waals surface area (Å²) >= 11 is 0. The molecule has 2 aliphatic heterocycles. The predicted octanol–water partition coefficient (Wildman–Crippen LogP) is 0.416. The summed E-state index contributed by atoms with van der Waals surface area (Å²) < 4.78 is 5.02. The maximum absolute atomic E-state index is 12.4. The maximum Gasteiger partial charge on any atom is 0.241 e. The van der Waals surface area contributed by atoms with E-state index in [1.165, 1.54) is 6.42 Å². The summed E-state index contributed by atoms with van der Waals surface area (Å²) in [5.41, 5.74) is 5.92. The van der Waals surface area contributed by atoms with E-state index in [0.717, 1.165) is 58.1 Å². The van der Waals surface area contributed by atoms with Gasteiger partial charge in [-0.15, -0.1) is 0 Å². The normalized spacial score (nSPS) is 23.1. The lowest BCUT2D eigenvalue weighted by atomic mass is 9.96. The number of carbonyl (C=O) groups excluding carboxylic acids is 1. The van der Waals surface area contributed by atoms with E-state index >= 15 is 0 Å². The van der Waals surface area contributed by atoms with Crippen LogP contribution in [0.25, 0.3) is 0 Å². The van der Waals surface area contributed by atoms with Crippen LogP contribution < -0.4 is 10.6 Å². The van der Waals surface area contributed by atoms with Gasteiger partial charge in [0.05, 0.1) is 6.61 Å². The molecule has 2 saturated heterocycles. The van der Waals surface area contributed by atoms with E-state index in [0.29, 0.717) is 5.92 Å². The third kappa shape index (κ3) is 4.93. The largest absolute Gasteiger partial charge is 0.383 e. The fourth-order valence-electron chi connectivity index (χ4n) is 3.97. The van der Waals surface area contributed by atoms with Crippen molar-refractivity contribution in [1.29, 1.82) is 0 Å². The number of aromatic nitrogens is 1. The van der Waals surface area contributed by atoms with Crippen molar-refractivity contribution in [2.45, 2.75) is 18.9 Å². The molecule has 1 amide bonds. The fraction of sp³-hybridized carbons (Fsp3) is 0.684. The molecule has 2 N–H and O–H groups in total. The second-order valence-corrected chi connectivity index (χ2v) is 7.33. The van der Waals surface area contributed by atoms with Crippen LogP contribution in [-0.4, -0.2) is 86.3 Å². The van der Waals surface area contributed by atoms with Gasteiger partial charge in [0.2, 0.25) is 5.91 Å². The number of pyridine rings is 1. The number of nitrogens with two attached hydrogens (primary N) is 1. The molecule has 0 aromatic carbocycles. The van der Waals surface area contributed by atoms with Crippen LogP contribution in [0.3, 0.4) is 0 Å². The van der Waals surface area contributed by atoms with E-state index in [-0.39, 0.29) is 12.5 Å². The summed E-state index contributed by atoms with van der Waals surface area (Å²) in [6, 6.07) is 5.52. The van der Waals surface area contributed by atoms with Crippen molar-refractivity contribution in [3.05, 3.63) is 24.4 Å². The van der Waals surface area contributed by atoms with Gasteiger partial charge in [-0.25, -0.2) is 4.98 Å². The quantitative estimate of drug-likeness (QED) is 0.791. The van der Waals surface area contributed by atoms with Crippen LogP contribution in [0, 0.1) is 5.92 Å². The number of ether oxygens (including phenoxy) is 1. The standard InChI is InChI=1S/C19H31N5O2/c1-26-15-17(20)19(25)24-8-4-5-16(14-24)13-22-9-11-23(12-10-22)18-6-2-3-7-21-18/h2-3,6-7,16-17H,4-5,8-15,20H2,1H3. The van der Waals surface area contributed by atoms with Gasteiger partial charge in [0.1, 0.15) is 11.9 Å². The van der Waals surface area contributed by atoms with Gasteiger partial charge in [0.25, 0.3) is 0 Å². The zero-order valence-electron chi connectivity index (χ0n) is 15.7. The first-order valence-electron chi connectivity index (χ1n) is 9.59. The van der Waals surface area contributed by atoms with Gasteiger partial charge < -0.3 is 20.3 Å². The molecule has 0 aliphatic carbocycles. The molecule has 1 aromatic heterocycles. The highest BCUT2D eigenvalue weighted by Crippen LogP contribution is 2.20. The number of nitrogens with zero attached hydrogens (tertiary/aromatic N) is 4. The monoisotopic (exact) mass is 361 g/mol. The van der Waals surface area contributed by atoms with Crippen LogP contribution in [0.2, 0.25) is 0 Å². The summed E-state index contributed by atoms with van der Waals surface area (Å²) in [4.78, 5) is 23.7. The number of amides is 1. The molecule has 2 fully saturated rings. The molecule has 144 valence electrons. The highest BCUT2D eigenvalue weighted by molar-refractivity contribution is 5.81.